The van der Waals surface area contributed by atoms with Gasteiger partial charge in [-0.3, -0.25) is 9.59 Å². The molecule has 1 saturated heterocycles. The van der Waals surface area contributed by atoms with E-state index in [4.69, 9.17) is 5.11 Å². The normalized spacial score (nSPS) is 15.2. The highest BCUT2D eigenvalue weighted by molar-refractivity contribution is 5.89. The van der Waals surface area contributed by atoms with Gasteiger partial charge in [0.1, 0.15) is 0 Å². The fourth-order valence-electron chi connectivity index (χ4n) is 3.69. The van der Waals surface area contributed by atoms with Crippen molar-refractivity contribution in [3.8, 4) is 0 Å². The van der Waals surface area contributed by atoms with Crippen LogP contribution in [0.1, 0.15) is 31.2 Å². The van der Waals surface area contributed by atoms with Crippen LogP contribution in [-0.4, -0.2) is 41.2 Å². The van der Waals surface area contributed by atoms with Gasteiger partial charge in [0.2, 0.25) is 5.91 Å². The molecular weight excluding hydrogens is 330 g/mol. The SMILES string of the molecule is O=C(O)CCNC(=O)Cc1cn(CCC2CCNCC2)c2ccccc12. The number of rotatable bonds is 8. The summed E-state index contributed by atoms with van der Waals surface area (Å²) in [6.07, 6.45) is 5.94. The largest absolute Gasteiger partial charge is 0.481 e. The number of nitrogens with zero attached hydrogens (tertiary/aromatic N) is 1. The number of nitrogens with one attached hydrogen (secondary N) is 2. The van der Waals surface area contributed by atoms with Gasteiger partial charge in [-0.1, -0.05) is 18.2 Å². The van der Waals surface area contributed by atoms with E-state index >= 15 is 0 Å². The van der Waals surface area contributed by atoms with Crippen LogP contribution in [-0.2, 0) is 22.6 Å². The Morgan fingerprint density at radius 2 is 2.00 bits per heavy atom. The van der Waals surface area contributed by atoms with Crippen LogP contribution in [0, 0.1) is 5.92 Å². The monoisotopic (exact) mass is 357 g/mol. The maximum absolute atomic E-state index is 12.1. The number of fused-ring (bicyclic) bond motifs is 1. The molecule has 6 heteroatoms. The number of para-hydroxylation sites is 1. The quantitative estimate of drug-likeness (QED) is 0.676. The molecule has 2 heterocycles. The van der Waals surface area contributed by atoms with Gasteiger partial charge in [0.25, 0.3) is 0 Å². The van der Waals surface area contributed by atoms with E-state index in [-0.39, 0.29) is 25.3 Å². The van der Waals surface area contributed by atoms with Crippen LogP contribution in [0.15, 0.2) is 30.5 Å². The van der Waals surface area contributed by atoms with E-state index < -0.39 is 5.97 Å². The number of carbonyl (C=O) groups excluding carboxylic acids is 1. The lowest BCUT2D eigenvalue weighted by molar-refractivity contribution is -0.136. The van der Waals surface area contributed by atoms with Crippen molar-refractivity contribution in [3.63, 3.8) is 0 Å². The van der Waals surface area contributed by atoms with Gasteiger partial charge in [0, 0.05) is 30.2 Å². The molecule has 0 aliphatic carbocycles. The Bertz CT molecular complexity index is 763. The first kappa shape index (κ1) is 18.5. The number of aliphatic carboxylic acids is 1. The average Bonchev–Trinajstić information content (AvgIpc) is 2.98. The Morgan fingerprint density at radius 1 is 1.23 bits per heavy atom. The molecule has 1 amide bonds. The molecule has 2 aromatic rings. The van der Waals surface area contributed by atoms with E-state index in [9.17, 15) is 9.59 Å². The van der Waals surface area contributed by atoms with E-state index in [2.05, 4.69) is 33.5 Å². The average molecular weight is 357 g/mol. The first-order valence-electron chi connectivity index (χ1n) is 9.39. The molecule has 1 fully saturated rings. The number of hydrogen-bond acceptors (Lipinski definition) is 3. The van der Waals surface area contributed by atoms with E-state index in [0.717, 1.165) is 48.4 Å². The van der Waals surface area contributed by atoms with E-state index in [0.29, 0.717) is 0 Å². The van der Waals surface area contributed by atoms with Crippen LogP contribution in [0.5, 0.6) is 0 Å². The molecule has 0 bridgehead atoms. The molecule has 1 aromatic carbocycles. The smallest absolute Gasteiger partial charge is 0.305 e. The fourth-order valence-corrected chi connectivity index (χ4v) is 3.69. The van der Waals surface area contributed by atoms with Crippen LogP contribution in [0.4, 0.5) is 0 Å². The minimum atomic E-state index is -0.903. The number of amides is 1. The minimum absolute atomic E-state index is 0.0518. The van der Waals surface area contributed by atoms with Gasteiger partial charge in [-0.15, -0.1) is 0 Å². The number of benzene rings is 1. The Labute approximate surface area is 153 Å². The molecule has 0 saturated carbocycles. The highest BCUT2D eigenvalue weighted by Crippen LogP contribution is 2.24. The molecule has 0 radical (unpaired) electrons. The van der Waals surface area contributed by atoms with Crippen LogP contribution in [0.2, 0.25) is 0 Å². The number of carboxylic acids is 1. The molecule has 26 heavy (non-hydrogen) atoms. The molecule has 3 rings (SSSR count). The number of carboxylic acid groups (broad SMARTS) is 1. The summed E-state index contributed by atoms with van der Waals surface area (Å²) in [6.45, 7) is 3.35. The Kier molecular flexibility index (Phi) is 6.28. The third-order valence-electron chi connectivity index (χ3n) is 5.12. The molecule has 0 unspecified atom stereocenters. The van der Waals surface area contributed by atoms with Crippen molar-refractivity contribution in [1.29, 1.82) is 0 Å². The lowest BCUT2D eigenvalue weighted by Crippen LogP contribution is -2.28. The summed E-state index contributed by atoms with van der Waals surface area (Å²) in [5.74, 6) is -0.271. The topological polar surface area (TPSA) is 83.4 Å². The van der Waals surface area contributed by atoms with Crippen LogP contribution < -0.4 is 10.6 Å². The van der Waals surface area contributed by atoms with Crippen molar-refractivity contribution < 1.29 is 14.7 Å². The molecule has 6 nitrogen and oxygen atoms in total. The predicted molar refractivity (Wildman–Crippen MR) is 101 cm³/mol. The third-order valence-corrected chi connectivity index (χ3v) is 5.12. The number of aryl methyl sites for hydroxylation is 1. The molecule has 140 valence electrons. The van der Waals surface area contributed by atoms with Gasteiger partial charge < -0.3 is 20.3 Å². The Hall–Kier alpha value is -2.34. The zero-order valence-electron chi connectivity index (χ0n) is 15.0. The highest BCUT2D eigenvalue weighted by atomic mass is 16.4. The zero-order valence-corrected chi connectivity index (χ0v) is 15.0. The van der Waals surface area contributed by atoms with Crippen LogP contribution >= 0.6 is 0 Å². The Balaban J connectivity index is 1.66. The zero-order chi connectivity index (χ0) is 18.4. The maximum Gasteiger partial charge on any atom is 0.305 e. The summed E-state index contributed by atoms with van der Waals surface area (Å²) in [7, 11) is 0. The molecule has 1 aromatic heterocycles. The predicted octanol–water partition coefficient (Wildman–Crippen LogP) is 2.16. The van der Waals surface area contributed by atoms with Crippen molar-refractivity contribution in [3.05, 3.63) is 36.0 Å². The third kappa shape index (κ3) is 4.85. The highest BCUT2D eigenvalue weighted by Gasteiger charge is 2.15. The van der Waals surface area contributed by atoms with Gasteiger partial charge in [-0.25, -0.2) is 0 Å². The molecule has 1 aliphatic rings. The second-order valence-corrected chi connectivity index (χ2v) is 7.02. The Morgan fingerprint density at radius 3 is 2.77 bits per heavy atom. The van der Waals surface area contributed by atoms with Crippen LogP contribution in [0.25, 0.3) is 10.9 Å². The van der Waals surface area contributed by atoms with Crippen LogP contribution in [0.3, 0.4) is 0 Å². The number of aromatic nitrogens is 1. The molecular formula is C20H27N3O3. The minimum Gasteiger partial charge on any atom is -0.481 e. The molecule has 3 N–H and O–H groups in total. The summed E-state index contributed by atoms with van der Waals surface area (Å²) >= 11 is 0. The summed E-state index contributed by atoms with van der Waals surface area (Å²) < 4.78 is 2.26. The maximum atomic E-state index is 12.1. The number of piperidine rings is 1. The van der Waals surface area contributed by atoms with Gasteiger partial charge >= 0.3 is 5.97 Å². The summed E-state index contributed by atoms with van der Waals surface area (Å²) in [5.41, 5.74) is 2.16. The van der Waals surface area contributed by atoms with Crippen molar-refractivity contribution in [2.75, 3.05) is 19.6 Å². The fraction of sp³-hybridized carbons (Fsp3) is 0.500. The lowest BCUT2D eigenvalue weighted by atomic mass is 9.95. The number of carbonyl (C=O) groups is 2. The van der Waals surface area contributed by atoms with E-state index in [1.807, 2.05) is 12.1 Å². The molecule has 0 spiro atoms. The van der Waals surface area contributed by atoms with Crippen molar-refractivity contribution in [1.82, 2.24) is 15.2 Å². The summed E-state index contributed by atoms with van der Waals surface area (Å²) in [6, 6.07) is 8.17. The molecule has 1 aliphatic heterocycles. The van der Waals surface area contributed by atoms with Gasteiger partial charge in [-0.05, 0) is 49.9 Å². The second-order valence-electron chi connectivity index (χ2n) is 7.02. The first-order valence-corrected chi connectivity index (χ1v) is 9.39. The molecule has 0 atom stereocenters. The van der Waals surface area contributed by atoms with Crippen molar-refractivity contribution in [2.24, 2.45) is 5.92 Å². The summed E-state index contributed by atoms with van der Waals surface area (Å²) in [4.78, 5) is 22.7. The first-order chi connectivity index (χ1) is 12.6. The number of hydrogen-bond donors (Lipinski definition) is 3. The van der Waals surface area contributed by atoms with Gasteiger partial charge in [0.15, 0.2) is 0 Å². The van der Waals surface area contributed by atoms with E-state index in [1.165, 1.54) is 12.8 Å². The second kappa shape index (κ2) is 8.85. The standard InChI is InChI=1S/C20H27N3O3/c24-19(22-11-7-20(25)26)13-16-14-23(18-4-2-1-3-17(16)18)12-8-15-5-9-21-10-6-15/h1-4,14-15,21H,5-13H2,(H,22,24)(H,25,26). The van der Waals surface area contributed by atoms with Crippen molar-refractivity contribution >= 4 is 22.8 Å². The van der Waals surface area contributed by atoms with Gasteiger partial charge in [0.05, 0.1) is 12.8 Å². The van der Waals surface area contributed by atoms with Gasteiger partial charge in [-0.2, -0.15) is 0 Å². The lowest BCUT2D eigenvalue weighted by Gasteiger charge is -2.22. The van der Waals surface area contributed by atoms with E-state index in [1.54, 1.807) is 0 Å². The summed E-state index contributed by atoms with van der Waals surface area (Å²) in [5, 5.41) is 15.9. The van der Waals surface area contributed by atoms with Crippen molar-refractivity contribution in [2.45, 2.75) is 38.6 Å².